The topological polar surface area (TPSA) is 34.0 Å². The highest BCUT2D eigenvalue weighted by Crippen LogP contribution is 2.23. The van der Waals surface area contributed by atoms with E-state index in [0.29, 0.717) is 13.0 Å². The lowest BCUT2D eigenvalue weighted by atomic mass is 10.1. The van der Waals surface area contributed by atoms with Crippen LogP contribution in [0.25, 0.3) is 10.9 Å². The van der Waals surface area contributed by atoms with Crippen molar-refractivity contribution in [1.29, 1.82) is 0 Å². The van der Waals surface area contributed by atoms with Crippen LogP contribution in [-0.4, -0.2) is 10.5 Å². The minimum absolute atomic E-state index is 0.0872. The molecule has 1 amide bonds. The van der Waals surface area contributed by atoms with Gasteiger partial charge in [0.25, 0.3) is 0 Å². The van der Waals surface area contributed by atoms with E-state index in [4.69, 9.17) is 0 Å². The Balaban J connectivity index is 1.44. The van der Waals surface area contributed by atoms with E-state index in [1.807, 2.05) is 30.3 Å². The Morgan fingerprint density at radius 1 is 0.862 bits per heavy atom. The zero-order valence-electron chi connectivity index (χ0n) is 16.8. The minimum atomic E-state index is 0.0872. The van der Waals surface area contributed by atoms with Gasteiger partial charge in [0.2, 0.25) is 5.91 Å². The molecule has 3 nitrogen and oxygen atoms in total. The van der Waals surface area contributed by atoms with E-state index < -0.39 is 0 Å². The number of carbonyl (C=O) groups excluding carboxylic acids is 1. The van der Waals surface area contributed by atoms with Crippen LogP contribution in [0.15, 0.2) is 85.1 Å². The zero-order chi connectivity index (χ0) is 20.1. The highest BCUT2D eigenvalue weighted by atomic mass is 16.1. The smallest absolute Gasteiger partial charge is 0.220 e. The van der Waals surface area contributed by atoms with Crippen LogP contribution in [0.2, 0.25) is 0 Å². The molecular formula is C26H26N2O. The molecule has 146 valence electrons. The number of amides is 1. The Labute approximate surface area is 172 Å². The number of aromatic nitrogens is 1. The number of hydrogen-bond acceptors (Lipinski definition) is 1. The van der Waals surface area contributed by atoms with Crippen LogP contribution in [0.4, 0.5) is 0 Å². The maximum atomic E-state index is 12.3. The lowest BCUT2D eigenvalue weighted by Gasteiger charge is -2.06. The molecule has 3 aromatic carbocycles. The van der Waals surface area contributed by atoms with Gasteiger partial charge in [-0.05, 0) is 36.1 Å². The van der Waals surface area contributed by atoms with Gasteiger partial charge in [-0.25, -0.2) is 0 Å². The molecule has 4 rings (SSSR count). The third kappa shape index (κ3) is 4.75. The molecule has 0 bridgehead atoms. The predicted octanol–water partition coefficient (Wildman–Crippen LogP) is 5.25. The van der Waals surface area contributed by atoms with E-state index in [9.17, 15) is 4.79 Å². The van der Waals surface area contributed by atoms with Gasteiger partial charge in [-0.15, -0.1) is 0 Å². The van der Waals surface area contributed by atoms with Crippen molar-refractivity contribution < 1.29 is 4.79 Å². The zero-order valence-corrected chi connectivity index (χ0v) is 16.8. The van der Waals surface area contributed by atoms with Crippen molar-refractivity contribution in [2.45, 2.75) is 32.9 Å². The van der Waals surface area contributed by atoms with Gasteiger partial charge in [-0.3, -0.25) is 4.79 Å². The van der Waals surface area contributed by atoms with Crippen LogP contribution in [0, 0.1) is 6.92 Å². The van der Waals surface area contributed by atoms with Gasteiger partial charge in [0.15, 0.2) is 0 Å². The molecule has 1 heterocycles. The van der Waals surface area contributed by atoms with E-state index >= 15 is 0 Å². The highest BCUT2D eigenvalue weighted by molar-refractivity contribution is 5.85. The molecule has 0 unspecified atom stereocenters. The fourth-order valence-electron chi connectivity index (χ4n) is 3.68. The van der Waals surface area contributed by atoms with Crippen molar-refractivity contribution in [3.8, 4) is 0 Å². The summed E-state index contributed by atoms with van der Waals surface area (Å²) in [4.78, 5) is 12.3. The summed E-state index contributed by atoms with van der Waals surface area (Å²) in [6.07, 6.45) is 3.43. The fourth-order valence-corrected chi connectivity index (χ4v) is 3.68. The largest absolute Gasteiger partial charge is 0.352 e. The maximum absolute atomic E-state index is 12.3. The molecule has 0 saturated heterocycles. The monoisotopic (exact) mass is 382 g/mol. The van der Waals surface area contributed by atoms with Gasteiger partial charge in [0.1, 0.15) is 0 Å². The number of fused-ring (bicyclic) bond motifs is 1. The van der Waals surface area contributed by atoms with Crippen molar-refractivity contribution in [2.75, 3.05) is 0 Å². The van der Waals surface area contributed by atoms with E-state index in [-0.39, 0.29) is 5.91 Å². The van der Waals surface area contributed by atoms with Crippen molar-refractivity contribution in [1.82, 2.24) is 9.88 Å². The standard InChI is InChI=1S/C26H26N2O/c1-20-11-13-22(14-12-20)18-28-19-23(24-9-5-6-10-25(24)28)15-16-26(29)27-17-21-7-3-2-4-8-21/h2-14,19H,15-18H2,1H3,(H,27,29). The molecule has 1 N–H and O–H groups in total. The van der Waals surface area contributed by atoms with Crippen molar-refractivity contribution in [3.05, 3.63) is 107 Å². The summed E-state index contributed by atoms with van der Waals surface area (Å²) in [5.74, 6) is 0.0872. The molecular weight excluding hydrogens is 356 g/mol. The number of nitrogens with zero attached hydrogens (tertiary/aromatic N) is 1. The minimum Gasteiger partial charge on any atom is -0.352 e. The highest BCUT2D eigenvalue weighted by Gasteiger charge is 2.10. The number of para-hydroxylation sites is 1. The van der Waals surface area contributed by atoms with Gasteiger partial charge in [-0.2, -0.15) is 0 Å². The predicted molar refractivity (Wildman–Crippen MR) is 119 cm³/mol. The summed E-state index contributed by atoms with van der Waals surface area (Å²) in [6.45, 7) is 3.52. The molecule has 0 fully saturated rings. The SMILES string of the molecule is Cc1ccc(Cn2cc(CCC(=O)NCc3ccccc3)c3ccccc32)cc1. The van der Waals surface area contributed by atoms with E-state index in [1.165, 1.54) is 27.6 Å². The Bertz CT molecular complexity index is 1090. The number of hydrogen-bond donors (Lipinski definition) is 1. The van der Waals surface area contributed by atoms with Crippen molar-refractivity contribution in [2.24, 2.45) is 0 Å². The molecule has 0 aliphatic heterocycles. The average Bonchev–Trinajstić information content (AvgIpc) is 3.11. The fraction of sp³-hybridized carbons (Fsp3) is 0.192. The average molecular weight is 383 g/mol. The molecule has 0 spiro atoms. The normalized spacial score (nSPS) is 10.9. The summed E-state index contributed by atoms with van der Waals surface area (Å²) in [5, 5.41) is 4.26. The van der Waals surface area contributed by atoms with Crippen LogP contribution >= 0.6 is 0 Å². The van der Waals surface area contributed by atoms with Gasteiger partial charge in [0, 0.05) is 36.6 Å². The molecule has 0 saturated carbocycles. The second-order valence-electron chi connectivity index (χ2n) is 7.55. The number of aryl methyl sites for hydroxylation is 2. The van der Waals surface area contributed by atoms with Gasteiger partial charge >= 0.3 is 0 Å². The molecule has 0 atom stereocenters. The molecule has 4 aromatic rings. The second-order valence-corrected chi connectivity index (χ2v) is 7.55. The van der Waals surface area contributed by atoms with E-state index in [1.54, 1.807) is 0 Å². The lowest BCUT2D eigenvalue weighted by molar-refractivity contribution is -0.121. The second kappa shape index (κ2) is 8.78. The van der Waals surface area contributed by atoms with Gasteiger partial charge in [0.05, 0.1) is 0 Å². The van der Waals surface area contributed by atoms with Crippen LogP contribution in [-0.2, 0) is 24.3 Å². The van der Waals surface area contributed by atoms with Crippen LogP contribution in [0.1, 0.15) is 28.7 Å². The van der Waals surface area contributed by atoms with E-state index in [2.05, 4.69) is 71.5 Å². The molecule has 1 aromatic heterocycles. The summed E-state index contributed by atoms with van der Waals surface area (Å²) in [7, 11) is 0. The molecule has 0 radical (unpaired) electrons. The van der Waals surface area contributed by atoms with E-state index in [0.717, 1.165) is 18.5 Å². The Kier molecular flexibility index (Phi) is 5.76. The molecule has 0 aliphatic rings. The Hall–Kier alpha value is -3.33. The Morgan fingerprint density at radius 2 is 1.59 bits per heavy atom. The first kappa shape index (κ1) is 19.0. The van der Waals surface area contributed by atoms with Crippen molar-refractivity contribution >= 4 is 16.8 Å². The first-order chi connectivity index (χ1) is 14.2. The third-order valence-corrected chi connectivity index (χ3v) is 5.30. The number of benzene rings is 3. The summed E-state index contributed by atoms with van der Waals surface area (Å²) in [6, 6.07) is 27.1. The summed E-state index contributed by atoms with van der Waals surface area (Å²) < 4.78 is 2.29. The lowest BCUT2D eigenvalue weighted by Crippen LogP contribution is -2.22. The first-order valence-electron chi connectivity index (χ1n) is 10.1. The molecule has 0 aliphatic carbocycles. The van der Waals surface area contributed by atoms with Crippen LogP contribution in [0.5, 0.6) is 0 Å². The van der Waals surface area contributed by atoms with Gasteiger partial charge in [-0.1, -0.05) is 78.4 Å². The Morgan fingerprint density at radius 3 is 2.38 bits per heavy atom. The maximum Gasteiger partial charge on any atom is 0.220 e. The van der Waals surface area contributed by atoms with Crippen LogP contribution < -0.4 is 5.32 Å². The number of carbonyl (C=O) groups is 1. The van der Waals surface area contributed by atoms with Gasteiger partial charge < -0.3 is 9.88 Å². The summed E-state index contributed by atoms with van der Waals surface area (Å²) >= 11 is 0. The molecule has 3 heteroatoms. The quantitative estimate of drug-likeness (QED) is 0.465. The van der Waals surface area contributed by atoms with Crippen molar-refractivity contribution in [3.63, 3.8) is 0 Å². The first-order valence-corrected chi connectivity index (χ1v) is 10.1. The third-order valence-electron chi connectivity index (χ3n) is 5.30. The number of nitrogens with one attached hydrogen (secondary N) is 1. The number of rotatable bonds is 7. The van der Waals surface area contributed by atoms with Crippen LogP contribution in [0.3, 0.4) is 0 Å². The summed E-state index contributed by atoms with van der Waals surface area (Å²) in [5.41, 5.74) is 6.11. The molecule has 29 heavy (non-hydrogen) atoms.